The number of aryl methyl sites for hydroxylation is 1. The zero-order valence-corrected chi connectivity index (χ0v) is 12.1. The Hall–Kier alpha value is -0.860. The Morgan fingerprint density at radius 2 is 1.61 bits per heavy atom. The van der Waals surface area contributed by atoms with Crippen molar-refractivity contribution in [1.82, 2.24) is 0 Å². The van der Waals surface area contributed by atoms with Crippen molar-refractivity contribution in [3.05, 3.63) is 35.4 Å². The number of hydrogen-bond acceptors (Lipinski definition) is 2. The van der Waals surface area contributed by atoms with Crippen molar-refractivity contribution in [2.24, 2.45) is 0 Å². The van der Waals surface area contributed by atoms with Gasteiger partial charge in [-0.3, -0.25) is 0 Å². The number of benzene rings is 1. The second-order valence-electron chi connectivity index (χ2n) is 4.70. The summed E-state index contributed by atoms with van der Waals surface area (Å²) < 4.78 is 5.85. The highest BCUT2D eigenvalue weighted by Crippen LogP contribution is 2.35. The molecule has 1 atom stereocenters. The zero-order chi connectivity index (χ0) is 13.6. The fourth-order valence-electron chi connectivity index (χ4n) is 2.45. The minimum absolute atomic E-state index is 0.456. The van der Waals surface area contributed by atoms with Crippen molar-refractivity contribution in [2.45, 2.75) is 58.7 Å². The van der Waals surface area contributed by atoms with Gasteiger partial charge in [-0.05, 0) is 37.3 Å². The molecule has 2 nitrogen and oxygen atoms in total. The molecule has 0 aliphatic heterocycles. The molecule has 0 heterocycles. The van der Waals surface area contributed by atoms with E-state index >= 15 is 0 Å². The van der Waals surface area contributed by atoms with Gasteiger partial charge in [-0.1, -0.05) is 45.0 Å². The Bertz CT molecular complexity index is 339. The topological polar surface area (TPSA) is 29.5 Å². The quantitative estimate of drug-likeness (QED) is 0.796. The molecule has 1 N–H and O–H groups in total. The summed E-state index contributed by atoms with van der Waals surface area (Å²) in [6, 6.07) is 8.20. The van der Waals surface area contributed by atoms with E-state index < -0.39 is 11.7 Å². The van der Waals surface area contributed by atoms with Crippen molar-refractivity contribution in [2.75, 3.05) is 6.61 Å². The number of hydrogen-bond donors (Lipinski definition) is 1. The average Bonchev–Trinajstić information content (AvgIpc) is 2.44. The molecule has 0 aromatic heterocycles. The largest absolute Gasteiger partial charge is 0.385 e. The van der Waals surface area contributed by atoms with Gasteiger partial charge in [0.1, 0.15) is 6.10 Å². The third-order valence-corrected chi connectivity index (χ3v) is 3.83. The lowest BCUT2D eigenvalue weighted by molar-refractivity contribution is -0.127. The third-order valence-electron chi connectivity index (χ3n) is 3.83. The van der Waals surface area contributed by atoms with E-state index in [0.717, 1.165) is 24.8 Å². The van der Waals surface area contributed by atoms with Gasteiger partial charge in [-0.15, -0.1) is 0 Å². The summed E-state index contributed by atoms with van der Waals surface area (Å²) in [5.74, 6) is 0. The van der Waals surface area contributed by atoms with Crippen LogP contribution in [0.4, 0.5) is 0 Å². The van der Waals surface area contributed by atoms with Gasteiger partial charge in [-0.25, -0.2) is 0 Å². The predicted molar refractivity (Wildman–Crippen MR) is 75.7 cm³/mol. The van der Waals surface area contributed by atoms with E-state index in [-0.39, 0.29) is 0 Å². The molecule has 1 aromatic carbocycles. The molecule has 0 aliphatic carbocycles. The van der Waals surface area contributed by atoms with Gasteiger partial charge in [0.15, 0.2) is 0 Å². The van der Waals surface area contributed by atoms with E-state index in [1.165, 1.54) is 5.56 Å². The van der Waals surface area contributed by atoms with Crippen LogP contribution in [-0.2, 0) is 11.2 Å². The molecule has 0 bridgehead atoms. The Morgan fingerprint density at radius 1 is 1.06 bits per heavy atom. The summed E-state index contributed by atoms with van der Waals surface area (Å²) in [6.07, 6.45) is 2.09. The molecule has 0 saturated heterocycles. The fraction of sp³-hybridized carbons (Fsp3) is 0.625. The van der Waals surface area contributed by atoms with Gasteiger partial charge in [0.05, 0.1) is 5.60 Å². The van der Waals surface area contributed by atoms with Crippen molar-refractivity contribution in [1.29, 1.82) is 0 Å². The van der Waals surface area contributed by atoms with Crippen LogP contribution >= 0.6 is 0 Å². The smallest absolute Gasteiger partial charge is 0.108 e. The van der Waals surface area contributed by atoms with E-state index in [1.807, 2.05) is 19.1 Å². The van der Waals surface area contributed by atoms with Crippen molar-refractivity contribution in [3.63, 3.8) is 0 Å². The highest BCUT2D eigenvalue weighted by Gasteiger charge is 2.36. The van der Waals surface area contributed by atoms with Crippen LogP contribution in [0.3, 0.4) is 0 Å². The molecule has 102 valence electrons. The van der Waals surface area contributed by atoms with Crippen LogP contribution in [0.5, 0.6) is 0 Å². The fourth-order valence-corrected chi connectivity index (χ4v) is 2.45. The lowest BCUT2D eigenvalue weighted by Gasteiger charge is -2.36. The molecule has 0 fully saturated rings. The molecular weight excluding hydrogens is 224 g/mol. The molecule has 2 heteroatoms. The highest BCUT2D eigenvalue weighted by atomic mass is 16.5. The maximum atomic E-state index is 10.6. The maximum absolute atomic E-state index is 10.6. The second kappa shape index (κ2) is 6.91. The Kier molecular flexibility index (Phi) is 5.83. The van der Waals surface area contributed by atoms with Gasteiger partial charge in [0.2, 0.25) is 0 Å². The normalized spacial score (nSPS) is 13.6. The number of ether oxygens (including phenoxy) is 1. The van der Waals surface area contributed by atoms with Gasteiger partial charge < -0.3 is 9.84 Å². The van der Waals surface area contributed by atoms with E-state index in [1.54, 1.807) is 0 Å². The molecule has 1 rings (SSSR count). The maximum Gasteiger partial charge on any atom is 0.108 e. The van der Waals surface area contributed by atoms with E-state index in [2.05, 4.69) is 32.9 Å². The third kappa shape index (κ3) is 3.12. The van der Waals surface area contributed by atoms with Gasteiger partial charge >= 0.3 is 0 Å². The summed E-state index contributed by atoms with van der Waals surface area (Å²) in [4.78, 5) is 0. The SMILES string of the molecule is CCOC(CC)(CC)C(O)c1ccc(CC)cc1. The van der Waals surface area contributed by atoms with E-state index in [0.29, 0.717) is 6.61 Å². The van der Waals surface area contributed by atoms with Crippen LogP contribution in [0.2, 0.25) is 0 Å². The average molecular weight is 250 g/mol. The molecule has 0 radical (unpaired) electrons. The van der Waals surface area contributed by atoms with E-state index in [9.17, 15) is 5.11 Å². The molecule has 0 aliphatic rings. The van der Waals surface area contributed by atoms with Gasteiger partial charge in [0.25, 0.3) is 0 Å². The zero-order valence-electron chi connectivity index (χ0n) is 12.1. The first-order chi connectivity index (χ1) is 8.63. The molecule has 0 saturated carbocycles. The molecule has 0 amide bonds. The van der Waals surface area contributed by atoms with Gasteiger partial charge in [-0.2, -0.15) is 0 Å². The van der Waals surface area contributed by atoms with Crippen LogP contribution in [0, 0.1) is 0 Å². The Balaban J connectivity index is 2.97. The Labute approximate surface area is 111 Å². The summed E-state index contributed by atoms with van der Waals surface area (Å²) in [7, 11) is 0. The molecule has 18 heavy (non-hydrogen) atoms. The van der Waals surface area contributed by atoms with Crippen LogP contribution in [0.1, 0.15) is 57.8 Å². The summed E-state index contributed by atoms with van der Waals surface area (Å²) >= 11 is 0. The van der Waals surface area contributed by atoms with Crippen molar-refractivity contribution < 1.29 is 9.84 Å². The molecular formula is C16H26O2. The number of rotatable bonds is 7. The minimum atomic E-state index is -0.557. The number of aliphatic hydroxyl groups is 1. The standard InChI is InChI=1S/C16H26O2/c1-5-13-9-11-14(12-10-13)15(17)16(6-2,7-3)18-8-4/h9-12,15,17H,5-8H2,1-4H3. The van der Waals surface area contributed by atoms with Crippen LogP contribution in [0.15, 0.2) is 24.3 Å². The molecule has 0 spiro atoms. The second-order valence-corrected chi connectivity index (χ2v) is 4.70. The summed E-state index contributed by atoms with van der Waals surface area (Å²) in [5.41, 5.74) is 1.79. The van der Waals surface area contributed by atoms with Crippen molar-refractivity contribution in [3.8, 4) is 0 Å². The first-order valence-electron chi connectivity index (χ1n) is 7.04. The molecule has 1 unspecified atom stereocenters. The lowest BCUT2D eigenvalue weighted by atomic mass is 9.85. The Morgan fingerprint density at radius 3 is 2.00 bits per heavy atom. The minimum Gasteiger partial charge on any atom is -0.385 e. The molecule has 1 aromatic rings. The van der Waals surface area contributed by atoms with Crippen LogP contribution < -0.4 is 0 Å². The highest BCUT2D eigenvalue weighted by molar-refractivity contribution is 5.26. The summed E-state index contributed by atoms with van der Waals surface area (Å²) in [6.45, 7) is 8.89. The first-order valence-corrected chi connectivity index (χ1v) is 7.04. The van der Waals surface area contributed by atoms with E-state index in [4.69, 9.17) is 4.74 Å². The van der Waals surface area contributed by atoms with Crippen molar-refractivity contribution >= 4 is 0 Å². The number of aliphatic hydroxyl groups excluding tert-OH is 1. The lowest BCUT2D eigenvalue weighted by Crippen LogP contribution is -2.38. The predicted octanol–water partition coefficient (Wildman–Crippen LogP) is 3.88. The monoisotopic (exact) mass is 250 g/mol. The summed E-state index contributed by atoms with van der Waals surface area (Å²) in [5, 5.41) is 10.6. The van der Waals surface area contributed by atoms with Crippen LogP contribution in [0.25, 0.3) is 0 Å². The first kappa shape index (κ1) is 15.2. The van der Waals surface area contributed by atoms with Gasteiger partial charge in [0, 0.05) is 6.61 Å². The van der Waals surface area contributed by atoms with Crippen LogP contribution in [-0.4, -0.2) is 17.3 Å².